The van der Waals surface area contributed by atoms with Crippen molar-refractivity contribution in [3.63, 3.8) is 0 Å². The smallest absolute Gasteiger partial charge is 0.357 e. The van der Waals surface area contributed by atoms with Gasteiger partial charge in [0.1, 0.15) is 6.07 Å². The zero-order chi connectivity index (χ0) is 21.1. The van der Waals surface area contributed by atoms with Crippen molar-refractivity contribution >= 4 is 23.3 Å². The number of ether oxygens (including phenoxy) is 1. The molecule has 0 bridgehead atoms. The van der Waals surface area contributed by atoms with Crippen molar-refractivity contribution < 1.29 is 14.3 Å². The summed E-state index contributed by atoms with van der Waals surface area (Å²) in [5.74, 6) is -0.966. The van der Waals surface area contributed by atoms with Crippen LogP contribution >= 0.6 is 0 Å². The van der Waals surface area contributed by atoms with Crippen molar-refractivity contribution in [2.75, 3.05) is 18.2 Å². The number of carbonyl (C=O) groups is 2. The van der Waals surface area contributed by atoms with E-state index in [1.807, 2.05) is 38.1 Å². The molecule has 0 unspecified atom stereocenters. The highest BCUT2D eigenvalue weighted by Gasteiger charge is 2.22. The number of aromatic nitrogens is 1. The van der Waals surface area contributed by atoms with E-state index in [0.29, 0.717) is 16.9 Å². The number of anilines is 2. The van der Waals surface area contributed by atoms with Crippen molar-refractivity contribution in [3.8, 4) is 11.8 Å². The predicted molar refractivity (Wildman–Crippen MR) is 110 cm³/mol. The Bertz CT molecular complexity index is 1140. The second kappa shape index (κ2) is 7.90. The lowest BCUT2D eigenvalue weighted by atomic mass is 10.1. The SMILES string of the molecule is COC(=O)c1c(N)c(C#N)cn1-c1cccc(C(=O)Nc2cc(C)cc(C)c2)c1. The van der Waals surface area contributed by atoms with Gasteiger partial charge in [-0.15, -0.1) is 0 Å². The number of rotatable bonds is 4. The van der Waals surface area contributed by atoms with Crippen molar-refractivity contribution in [2.45, 2.75) is 13.8 Å². The van der Waals surface area contributed by atoms with Crippen LogP contribution in [0, 0.1) is 25.2 Å². The molecule has 0 aliphatic heterocycles. The number of nitriles is 1. The number of aryl methyl sites for hydroxylation is 2. The monoisotopic (exact) mass is 388 g/mol. The zero-order valence-electron chi connectivity index (χ0n) is 16.3. The van der Waals surface area contributed by atoms with Gasteiger partial charge >= 0.3 is 5.97 Å². The summed E-state index contributed by atoms with van der Waals surface area (Å²) in [6.07, 6.45) is 1.45. The first-order valence-corrected chi connectivity index (χ1v) is 8.83. The van der Waals surface area contributed by atoms with E-state index in [2.05, 4.69) is 5.32 Å². The number of amides is 1. The normalized spacial score (nSPS) is 10.3. The zero-order valence-corrected chi connectivity index (χ0v) is 16.3. The minimum Gasteiger partial charge on any atom is -0.464 e. The van der Waals surface area contributed by atoms with Crippen molar-refractivity contribution in [3.05, 3.63) is 76.6 Å². The average Bonchev–Trinajstić information content (AvgIpc) is 3.03. The van der Waals surface area contributed by atoms with E-state index in [4.69, 9.17) is 10.5 Å². The third-order valence-electron chi connectivity index (χ3n) is 4.41. The fourth-order valence-corrected chi connectivity index (χ4v) is 3.17. The molecule has 0 aliphatic carbocycles. The van der Waals surface area contributed by atoms with Gasteiger partial charge in [0, 0.05) is 23.1 Å². The van der Waals surface area contributed by atoms with Crippen molar-refractivity contribution in [1.82, 2.24) is 4.57 Å². The molecule has 0 atom stereocenters. The fourth-order valence-electron chi connectivity index (χ4n) is 3.17. The molecule has 3 N–H and O–H groups in total. The molecular formula is C22H20N4O3. The van der Waals surface area contributed by atoms with E-state index in [9.17, 15) is 14.9 Å². The molecule has 3 rings (SSSR count). The number of hydrogen-bond acceptors (Lipinski definition) is 5. The van der Waals surface area contributed by atoms with Crippen LogP contribution in [0.5, 0.6) is 0 Å². The van der Waals surface area contributed by atoms with E-state index >= 15 is 0 Å². The summed E-state index contributed by atoms with van der Waals surface area (Å²) in [4.78, 5) is 24.9. The molecule has 7 nitrogen and oxygen atoms in total. The molecule has 0 saturated heterocycles. The summed E-state index contributed by atoms with van der Waals surface area (Å²) in [7, 11) is 1.23. The maximum Gasteiger partial charge on any atom is 0.357 e. The summed E-state index contributed by atoms with van der Waals surface area (Å²) in [6.45, 7) is 3.92. The third-order valence-corrected chi connectivity index (χ3v) is 4.41. The van der Waals surface area contributed by atoms with Crippen LogP contribution in [-0.2, 0) is 4.74 Å². The molecule has 0 radical (unpaired) electrons. The van der Waals surface area contributed by atoms with Gasteiger partial charge in [0.25, 0.3) is 5.91 Å². The minimum absolute atomic E-state index is 0.0319. The van der Waals surface area contributed by atoms with E-state index in [-0.39, 0.29) is 22.9 Å². The number of benzene rings is 2. The molecule has 1 amide bonds. The van der Waals surface area contributed by atoms with Crippen LogP contribution < -0.4 is 11.1 Å². The molecular weight excluding hydrogens is 368 g/mol. The molecule has 7 heteroatoms. The maximum atomic E-state index is 12.7. The van der Waals surface area contributed by atoms with Gasteiger partial charge in [0.15, 0.2) is 5.69 Å². The lowest BCUT2D eigenvalue weighted by molar-refractivity contribution is 0.0593. The van der Waals surface area contributed by atoms with Crippen molar-refractivity contribution in [1.29, 1.82) is 5.26 Å². The predicted octanol–water partition coefficient (Wildman–Crippen LogP) is 3.59. The largest absolute Gasteiger partial charge is 0.464 e. The van der Waals surface area contributed by atoms with Crippen LogP contribution in [0.3, 0.4) is 0 Å². The van der Waals surface area contributed by atoms with Gasteiger partial charge in [0.05, 0.1) is 18.4 Å². The highest BCUT2D eigenvalue weighted by molar-refractivity contribution is 6.04. The Hall–Kier alpha value is -4.05. The minimum atomic E-state index is -0.672. The lowest BCUT2D eigenvalue weighted by Crippen LogP contribution is -2.14. The van der Waals surface area contributed by atoms with Gasteiger partial charge in [0.2, 0.25) is 0 Å². The Kier molecular flexibility index (Phi) is 5.37. The molecule has 1 aromatic heterocycles. The Labute approximate surface area is 168 Å². The summed E-state index contributed by atoms with van der Waals surface area (Å²) in [5.41, 5.74) is 9.84. The van der Waals surface area contributed by atoms with E-state index in [1.165, 1.54) is 17.9 Å². The van der Waals surface area contributed by atoms with E-state index < -0.39 is 5.97 Å². The number of nitrogens with one attached hydrogen (secondary N) is 1. The van der Waals surface area contributed by atoms with Gasteiger partial charge < -0.3 is 20.4 Å². The molecule has 0 aliphatic rings. The van der Waals surface area contributed by atoms with E-state index in [0.717, 1.165) is 11.1 Å². The number of nitrogens with two attached hydrogens (primary N) is 1. The third kappa shape index (κ3) is 3.96. The molecule has 3 aromatic rings. The van der Waals surface area contributed by atoms with Gasteiger partial charge in [-0.2, -0.15) is 5.26 Å². The Morgan fingerprint density at radius 2 is 1.83 bits per heavy atom. The Balaban J connectivity index is 1.99. The highest BCUT2D eigenvalue weighted by Crippen LogP contribution is 2.25. The molecule has 146 valence electrons. The summed E-state index contributed by atoms with van der Waals surface area (Å²) in [6, 6.07) is 14.4. The fraction of sp³-hybridized carbons (Fsp3) is 0.136. The van der Waals surface area contributed by atoms with Gasteiger partial charge in [-0.3, -0.25) is 4.79 Å². The topological polar surface area (TPSA) is 110 Å². The van der Waals surface area contributed by atoms with Crippen LogP contribution in [0.2, 0.25) is 0 Å². The maximum absolute atomic E-state index is 12.7. The summed E-state index contributed by atoms with van der Waals surface area (Å²) in [5, 5.41) is 12.1. The molecule has 0 spiro atoms. The first-order valence-electron chi connectivity index (χ1n) is 8.83. The van der Waals surface area contributed by atoms with E-state index in [1.54, 1.807) is 24.3 Å². The Morgan fingerprint density at radius 1 is 1.14 bits per heavy atom. The highest BCUT2D eigenvalue weighted by atomic mass is 16.5. The molecule has 0 fully saturated rings. The van der Waals surface area contributed by atoms with Crippen LogP contribution in [0.25, 0.3) is 5.69 Å². The molecule has 0 saturated carbocycles. The van der Waals surface area contributed by atoms with Crippen LogP contribution in [0.1, 0.15) is 37.5 Å². The second-order valence-corrected chi connectivity index (χ2v) is 6.66. The van der Waals surface area contributed by atoms with Gasteiger partial charge in [-0.1, -0.05) is 12.1 Å². The average molecular weight is 388 g/mol. The number of methoxy groups -OCH3 is 1. The van der Waals surface area contributed by atoms with Gasteiger partial charge in [-0.05, 0) is 55.3 Å². The molecule has 1 heterocycles. The number of carbonyl (C=O) groups excluding carboxylic acids is 2. The van der Waals surface area contributed by atoms with Gasteiger partial charge in [-0.25, -0.2) is 4.79 Å². The standard InChI is InChI=1S/C22H20N4O3/c1-13-7-14(2)9-17(8-13)25-21(27)15-5-4-6-18(10-15)26-12-16(11-23)19(24)20(26)22(28)29-3/h4-10,12H,24H2,1-3H3,(H,25,27). The number of esters is 1. The van der Waals surface area contributed by atoms with Crippen LogP contribution in [-0.4, -0.2) is 23.6 Å². The van der Waals surface area contributed by atoms with Crippen LogP contribution in [0.15, 0.2) is 48.7 Å². The number of nitrogens with zero attached hydrogens (tertiary/aromatic N) is 2. The summed E-state index contributed by atoms with van der Waals surface area (Å²) >= 11 is 0. The number of hydrogen-bond donors (Lipinski definition) is 2. The lowest BCUT2D eigenvalue weighted by Gasteiger charge is -2.11. The first-order chi connectivity index (χ1) is 13.8. The van der Waals surface area contributed by atoms with Crippen molar-refractivity contribution in [2.24, 2.45) is 0 Å². The van der Waals surface area contributed by atoms with Crippen LogP contribution in [0.4, 0.5) is 11.4 Å². The number of nitrogen functional groups attached to an aromatic ring is 1. The first kappa shape index (κ1) is 19.7. The Morgan fingerprint density at radius 3 is 2.45 bits per heavy atom. The molecule has 2 aromatic carbocycles. The molecule has 29 heavy (non-hydrogen) atoms. The second-order valence-electron chi connectivity index (χ2n) is 6.66. The quantitative estimate of drug-likeness (QED) is 0.664. The summed E-state index contributed by atoms with van der Waals surface area (Å²) < 4.78 is 6.24.